The predicted octanol–water partition coefficient (Wildman–Crippen LogP) is 3.84. The Labute approximate surface area is 149 Å². The molecule has 0 amide bonds. The van der Waals surface area contributed by atoms with Crippen molar-refractivity contribution in [2.45, 2.75) is 12.2 Å². The molecule has 0 saturated carbocycles. The zero-order valence-electron chi connectivity index (χ0n) is 13.4. The van der Waals surface area contributed by atoms with Gasteiger partial charge in [-0.05, 0) is 42.0 Å². The van der Waals surface area contributed by atoms with Crippen LogP contribution in [0.15, 0.2) is 48.5 Å². The second-order valence-corrected chi connectivity index (χ2v) is 7.08. The third kappa shape index (κ3) is 6.34. The van der Waals surface area contributed by atoms with Crippen LogP contribution in [0, 0.1) is 0 Å². The fourth-order valence-corrected chi connectivity index (χ4v) is 2.83. The Balaban J connectivity index is 1.73. The van der Waals surface area contributed by atoms with Crippen molar-refractivity contribution in [2.24, 2.45) is 0 Å². The lowest BCUT2D eigenvalue weighted by Crippen LogP contribution is -2.09. The molecule has 2 rings (SSSR count). The average molecular weight is 367 g/mol. The first-order valence-corrected chi connectivity index (χ1v) is 9.59. The molecule has 0 aliphatic carbocycles. The van der Waals surface area contributed by atoms with Gasteiger partial charge in [-0.1, -0.05) is 23.7 Å². The number of carbonyl (C=O) groups is 1. The maximum atomic E-state index is 12.0. The molecule has 0 fully saturated rings. The van der Waals surface area contributed by atoms with E-state index in [1.165, 1.54) is 0 Å². The molecule has 0 aliphatic rings. The summed E-state index contributed by atoms with van der Waals surface area (Å²) < 4.78 is 22.0. The van der Waals surface area contributed by atoms with Gasteiger partial charge in [-0.3, -0.25) is 4.21 Å². The molecule has 2 aromatic rings. The van der Waals surface area contributed by atoms with Crippen LogP contribution in [0.25, 0.3) is 0 Å². The maximum absolute atomic E-state index is 12.0. The number of rotatable bonds is 8. The summed E-state index contributed by atoms with van der Waals surface area (Å²) in [6.45, 7) is 0.722. The molecule has 4 nitrogen and oxygen atoms in total. The highest BCUT2D eigenvalue weighted by molar-refractivity contribution is 7.83. The molecule has 1 unspecified atom stereocenters. The Bertz CT molecular complexity index is 700. The van der Waals surface area contributed by atoms with E-state index in [2.05, 4.69) is 0 Å². The van der Waals surface area contributed by atoms with Gasteiger partial charge in [0.25, 0.3) is 0 Å². The summed E-state index contributed by atoms with van der Waals surface area (Å²) in [5, 5.41) is 0.658. The summed E-state index contributed by atoms with van der Waals surface area (Å²) in [4.78, 5) is 12.0. The lowest BCUT2D eigenvalue weighted by molar-refractivity contribution is 0.0486. The van der Waals surface area contributed by atoms with Crippen LogP contribution in [0.2, 0.25) is 5.02 Å². The third-order valence-corrected chi connectivity index (χ3v) is 4.13. The molecule has 2 aromatic carbocycles. The number of hydrogen-bond donors (Lipinski definition) is 0. The molecule has 1 atom stereocenters. The number of benzene rings is 2. The van der Waals surface area contributed by atoms with E-state index in [-0.39, 0.29) is 12.6 Å². The van der Waals surface area contributed by atoms with Gasteiger partial charge in [0, 0.05) is 34.3 Å². The van der Waals surface area contributed by atoms with Crippen LogP contribution < -0.4 is 4.74 Å². The van der Waals surface area contributed by atoms with Gasteiger partial charge in [-0.15, -0.1) is 0 Å². The molecule has 0 aliphatic heterocycles. The van der Waals surface area contributed by atoms with Crippen molar-refractivity contribution < 1.29 is 18.5 Å². The molecule has 0 N–H and O–H groups in total. The average Bonchev–Trinajstić information content (AvgIpc) is 2.55. The summed E-state index contributed by atoms with van der Waals surface area (Å²) in [6, 6.07) is 14.1. The van der Waals surface area contributed by atoms with Crippen molar-refractivity contribution >= 4 is 28.4 Å². The fourth-order valence-electron chi connectivity index (χ4n) is 2.05. The lowest BCUT2D eigenvalue weighted by atomic mass is 10.1. The van der Waals surface area contributed by atoms with Crippen LogP contribution in [0.3, 0.4) is 0 Å². The normalized spacial score (nSPS) is 11.8. The Morgan fingerprint density at radius 1 is 1.12 bits per heavy atom. The van der Waals surface area contributed by atoms with E-state index in [0.717, 1.165) is 11.3 Å². The van der Waals surface area contributed by atoms with Crippen LogP contribution in [0.5, 0.6) is 5.75 Å². The monoisotopic (exact) mass is 366 g/mol. The number of ether oxygens (including phenoxy) is 2. The Hall–Kier alpha value is -1.85. The zero-order valence-corrected chi connectivity index (χ0v) is 14.9. The minimum atomic E-state index is -0.943. The van der Waals surface area contributed by atoms with E-state index in [0.29, 0.717) is 29.4 Å². The van der Waals surface area contributed by atoms with Crippen molar-refractivity contribution in [3.63, 3.8) is 0 Å². The molecular weight excluding hydrogens is 348 g/mol. The van der Waals surface area contributed by atoms with Crippen LogP contribution in [-0.2, 0) is 21.3 Å². The zero-order chi connectivity index (χ0) is 17.4. The number of halogens is 1. The topological polar surface area (TPSA) is 52.6 Å². The Morgan fingerprint density at radius 2 is 1.88 bits per heavy atom. The molecule has 128 valence electrons. The van der Waals surface area contributed by atoms with E-state index in [1.54, 1.807) is 48.7 Å². The first-order valence-electron chi connectivity index (χ1n) is 7.49. The number of hydrogen-bond acceptors (Lipinski definition) is 4. The molecular formula is C18H19ClO4S. The minimum absolute atomic E-state index is 0.274. The standard InChI is InChI=1S/C18H19ClO4S/c1-24(21)13-14-4-2-5-15(12-14)18(20)23-11-3-10-22-17-8-6-16(19)7-9-17/h2,4-9,12H,3,10-11,13H2,1H3. The van der Waals surface area contributed by atoms with Crippen molar-refractivity contribution in [3.8, 4) is 5.75 Å². The van der Waals surface area contributed by atoms with E-state index >= 15 is 0 Å². The molecule has 0 bridgehead atoms. The van der Waals surface area contributed by atoms with E-state index < -0.39 is 10.8 Å². The second-order valence-electron chi connectivity index (χ2n) is 5.21. The van der Waals surface area contributed by atoms with E-state index in [1.807, 2.05) is 6.07 Å². The first kappa shape index (κ1) is 18.5. The highest BCUT2D eigenvalue weighted by Gasteiger charge is 2.08. The molecule has 0 heterocycles. The quantitative estimate of drug-likeness (QED) is 0.526. The molecule has 6 heteroatoms. The molecule has 0 saturated heterocycles. The minimum Gasteiger partial charge on any atom is -0.493 e. The van der Waals surface area contributed by atoms with Gasteiger partial charge < -0.3 is 9.47 Å². The molecule has 0 spiro atoms. The first-order chi connectivity index (χ1) is 11.5. The molecule has 0 radical (unpaired) electrons. The van der Waals surface area contributed by atoms with Crippen molar-refractivity contribution in [1.82, 2.24) is 0 Å². The van der Waals surface area contributed by atoms with E-state index in [4.69, 9.17) is 21.1 Å². The smallest absolute Gasteiger partial charge is 0.338 e. The highest BCUT2D eigenvalue weighted by Crippen LogP contribution is 2.15. The maximum Gasteiger partial charge on any atom is 0.338 e. The van der Waals surface area contributed by atoms with Gasteiger partial charge >= 0.3 is 5.97 Å². The van der Waals surface area contributed by atoms with Gasteiger partial charge in [0.15, 0.2) is 0 Å². The lowest BCUT2D eigenvalue weighted by Gasteiger charge is -2.08. The second kappa shape index (κ2) is 9.45. The predicted molar refractivity (Wildman–Crippen MR) is 96.1 cm³/mol. The van der Waals surface area contributed by atoms with Gasteiger partial charge in [0.1, 0.15) is 5.75 Å². The highest BCUT2D eigenvalue weighted by atomic mass is 35.5. The SMILES string of the molecule is CS(=O)Cc1cccc(C(=O)OCCCOc2ccc(Cl)cc2)c1. The number of carbonyl (C=O) groups excluding carboxylic acids is 1. The summed E-state index contributed by atoms with van der Waals surface area (Å²) in [6.07, 6.45) is 2.22. The van der Waals surface area contributed by atoms with Crippen LogP contribution in [0.4, 0.5) is 0 Å². The summed E-state index contributed by atoms with van der Waals surface area (Å²) in [5.41, 5.74) is 1.33. The number of esters is 1. The fraction of sp³-hybridized carbons (Fsp3) is 0.278. The van der Waals surface area contributed by atoms with Gasteiger partial charge in [0.2, 0.25) is 0 Å². The summed E-state index contributed by atoms with van der Waals surface area (Å²) >= 11 is 5.80. The van der Waals surface area contributed by atoms with E-state index in [9.17, 15) is 9.00 Å². The summed E-state index contributed by atoms with van der Waals surface area (Å²) in [5.74, 6) is 0.770. The Morgan fingerprint density at radius 3 is 2.58 bits per heavy atom. The van der Waals surface area contributed by atoms with Crippen molar-refractivity contribution in [3.05, 3.63) is 64.7 Å². The van der Waals surface area contributed by atoms with Gasteiger partial charge in [0.05, 0.1) is 18.8 Å². The van der Waals surface area contributed by atoms with Gasteiger partial charge in [-0.2, -0.15) is 0 Å². The largest absolute Gasteiger partial charge is 0.493 e. The van der Waals surface area contributed by atoms with Crippen molar-refractivity contribution in [2.75, 3.05) is 19.5 Å². The van der Waals surface area contributed by atoms with Crippen LogP contribution >= 0.6 is 11.6 Å². The molecule has 0 aromatic heterocycles. The van der Waals surface area contributed by atoms with Gasteiger partial charge in [-0.25, -0.2) is 4.79 Å². The van der Waals surface area contributed by atoms with Crippen LogP contribution in [0.1, 0.15) is 22.3 Å². The summed E-state index contributed by atoms with van der Waals surface area (Å²) in [7, 11) is -0.943. The van der Waals surface area contributed by atoms with Crippen LogP contribution in [-0.4, -0.2) is 29.6 Å². The molecule has 24 heavy (non-hydrogen) atoms. The Kier molecular flexibility index (Phi) is 7.28. The third-order valence-electron chi connectivity index (χ3n) is 3.14. The van der Waals surface area contributed by atoms with Crippen molar-refractivity contribution in [1.29, 1.82) is 0 Å².